The molecule has 0 spiro atoms. The fraction of sp³-hybridized carbons (Fsp3) is 0.125. The minimum Gasteiger partial charge on any atom is -0.387 e. The van der Waals surface area contributed by atoms with Gasteiger partial charge in [0.1, 0.15) is 13.9 Å². The summed E-state index contributed by atoms with van der Waals surface area (Å²) >= 11 is 0. The molecule has 1 rings (SSSR count). The Bertz CT molecular complexity index is 301. The molecule has 0 aliphatic rings. The molecule has 3 heteroatoms. The molecule has 54 valence electrons. The van der Waals surface area contributed by atoms with E-state index in [9.17, 15) is 0 Å². The van der Waals surface area contributed by atoms with E-state index in [0.29, 0.717) is 5.56 Å². The SMILES string of the molecule is Bc1ccc(NC)c(C#N)c1. The maximum atomic E-state index is 8.68. The van der Waals surface area contributed by atoms with Gasteiger partial charge in [0.25, 0.3) is 0 Å². The van der Waals surface area contributed by atoms with Gasteiger partial charge < -0.3 is 5.32 Å². The molecule has 1 aromatic rings. The van der Waals surface area contributed by atoms with Crippen molar-refractivity contribution in [3.8, 4) is 6.07 Å². The van der Waals surface area contributed by atoms with E-state index in [1.807, 2.05) is 33.1 Å². The fourth-order valence-corrected chi connectivity index (χ4v) is 0.969. The summed E-state index contributed by atoms with van der Waals surface area (Å²) in [4.78, 5) is 0. The van der Waals surface area contributed by atoms with E-state index in [0.717, 1.165) is 11.2 Å². The lowest BCUT2D eigenvalue weighted by Crippen LogP contribution is -2.04. The van der Waals surface area contributed by atoms with Crippen LogP contribution in [-0.4, -0.2) is 14.9 Å². The van der Waals surface area contributed by atoms with Crippen LogP contribution in [0.4, 0.5) is 5.69 Å². The summed E-state index contributed by atoms with van der Waals surface area (Å²) in [6.07, 6.45) is 0. The van der Waals surface area contributed by atoms with E-state index in [1.165, 1.54) is 0 Å². The molecule has 0 amide bonds. The third-order valence-electron chi connectivity index (χ3n) is 1.56. The summed E-state index contributed by atoms with van der Waals surface area (Å²) in [7, 11) is 3.78. The van der Waals surface area contributed by atoms with Crippen LogP contribution in [0, 0.1) is 11.3 Å². The lowest BCUT2D eigenvalue weighted by atomic mass is 9.94. The average Bonchev–Trinajstić information content (AvgIpc) is 2.04. The molecule has 2 nitrogen and oxygen atoms in total. The molecule has 0 unspecified atom stereocenters. The van der Waals surface area contributed by atoms with Crippen molar-refractivity contribution in [2.24, 2.45) is 0 Å². The molecule has 0 aliphatic carbocycles. The van der Waals surface area contributed by atoms with E-state index < -0.39 is 0 Å². The highest BCUT2D eigenvalue weighted by atomic mass is 14.8. The second kappa shape index (κ2) is 3.11. The van der Waals surface area contributed by atoms with E-state index in [2.05, 4.69) is 11.4 Å². The largest absolute Gasteiger partial charge is 0.387 e. The quantitative estimate of drug-likeness (QED) is 0.556. The summed E-state index contributed by atoms with van der Waals surface area (Å²) in [6, 6.07) is 7.88. The number of benzene rings is 1. The number of rotatable bonds is 1. The normalized spacial score (nSPS) is 8.73. The van der Waals surface area contributed by atoms with Gasteiger partial charge in [0, 0.05) is 7.05 Å². The molecule has 0 bridgehead atoms. The van der Waals surface area contributed by atoms with Gasteiger partial charge in [-0.2, -0.15) is 5.26 Å². The number of hydrogen-bond donors (Lipinski definition) is 1. The zero-order chi connectivity index (χ0) is 8.27. The van der Waals surface area contributed by atoms with Gasteiger partial charge >= 0.3 is 0 Å². The molecule has 1 aromatic carbocycles. The predicted molar refractivity (Wildman–Crippen MR) is 48.9 cm³/mol. The monoisotopic (exact) mass is 144 g/mol. The Morgan fingerprint density at radius 2 is 2.27 bits per heavy atom. The molecule has 1 N–H and O–H groups in total. The van der Waals surface area contributed by atoms with Crippen molar-refractivity contribution >= 4 is 19.0 Å². The molecule has 0 aromatic heterocycles. The zero-order valence-corrected chi connectivity index (χ0v) is 6.68. The van der Waals surface area contributed by atoms with Crippen LogP contribution in [0.3, 0.4) is 0 Å². The van der Waals surface area contributed by atoms with E-state index >= 15 is 0 Å². The topological polar surface area (TPSA) is 35.8 Å². The molecule has 0 heterocycles. The van der Waals surface area contributed by atoms with Crippen molar-refractivity contribution in [3.63, 3.8) is 0 Å². The van der Waals surface area contributed by atoms with Crippen molar-refractivity contribution in [2.45, 2.75) is 0 Å². The first kappa shape index (κ1) is 7.68. The molecular weight excluding hydrogens is 135 g/mol. The van der Waals surface area contributed by atoms with Crippen LogP contribution < -0.4 is 10.8 Å². The van der Waals surface area contributed by atoms with Gasteiger partial charge in [-0.25, -0.2) is 0 Å². The average molecular weight is 144 g/mol. The van der Waals surface area contributed by atoms with Crippen molar-refractivity contribution in [3.05, 3.63) is 23.8 Å². The zero-order valence-electron chi connectivity index (χ0n) is 6.68. The predicted octanol–water partition coefficient (Wildman–Crippen LogP) is -0.142. The van der Waals surface area contributed by atoms with Crippen molar-refractivity contribution in [1.82, 2.24) is 0 Å². The van der Waals surface area contributed by atoms with E-state index in [-0.39, 0.29) is 0 Å². The number of nitrogens with zero attached hydrogens (tertiary/aromatic N) is 1. The van der Waals surface area contributed by atoms with Gasteiger partial charge in [0.2, 0.25) is 0 Å². The van der Waals surface area contributed by atoms with Crippen molar-refractivity contribution < 1.29 is 0 Å². The van der Waals surface area contributed by atoms with Crippen molar-refractivity contribution in [2.75, 3.05) is 12.4 Å². The summed E-state index contributed by atoms with van der Waals surface area (Å²) in [5.74, 6) is 0. The standard InChI is InChI=1S/C8H9BN2/c1-11-8-3-2-7(9)4-6(8)5-10/h2-4,11H,9H2,1H3. The van der Waals surface area contributed by atoms with Gasteiger partial charge in [-0.15, -0.1) is 0 Å². The highest BCUT2D eigenvalue weighted by Crippen LogP contribution is 2.10. The van der Waals surface area contributed by atoms with Gasteiger partial charge in [0.05, 0.1) is 11.3 Å². The first-order valence-electron chi connectivity index (χ1n) is 3.46. The Morgan fingerprint density at radius 1 is 1.55 bits per heavy atom. The van der Waals surface area contributed by atoms with Crippen LogP contribution in [0.15, 0.2) is 18.2 Å². The second-order valence-electron chi connectivity index (χ2n) is 2.41. The Balaban J connectivity index is 3.19. The van der Waals surface area contributed by atoms with Gasteiger partial charge in [0.15, 0.2) is 0 Å². The minimum atomic E-state index is 0.701. The number of nitriles is 1. The van der Waals surface area contributed by atoms with Crippen LogP contribution in [-0.2, 0) is 0 Å². The first-order valence-corrected chi connectivity index (χ1v) is 3.46. The molecule has 0 aliphatic heterocycles. The summed E-state index contributed by atoms with van der Waals surface area (Å²) < 4.78 is 0. The fourth-order valence-electron chi connectivity index (χ4n) is 0.969. The second-order valence-corrected chi connectivity index (χ2v) is 2.41. The molecular formula is C8H9BN2. The summed E-state index contributed by atoms with van der Waals surface area (Å²) in [5, 5.41) is 11.6. The lowest BCUT2D eigenvalue weighted by Gasteiger charge is -2.02. The van der Waals surface area contributed by atoms with Crippen molar-refractivity contribution in [1.29, 1.82) is 5.26 Å². The van der Waals surface area contributed by atoms with Gasteiger partial charge in [-0.1, -0.05) is 11.5 Å². The Hall–Kier alpha value is -1.43. The maximum Gasteiger partial charge on any atom is 0.139 e. The molecule has 0 atom stereocenters. The highest BCUT2D eigenvalue weighted by molar-refractivity contribution is 6.32. The van der Waals surface area contributed by atoms with Crippen LogP contribution in [0.1, 0.15) is 5.56 Å². The van der Waals surface area contributed by atoms with Gasteiger partial charge in [-0.3, -0.25) is 0 Å². The molecule has 11 heavy (non-hydrogen) atoms. The molecule has 0 fully saturated rings. The van der Waals surface area contributed by atoms with E-state index in [4.69, 9.17) is 5.26 Å². The Labute approximate surface area is 67.3 Å². The van der Waals surface area contributed by atoms with Crippen LogP contribution in [0.5, 0.6) is 0 Å². The van der Waals surface area contributed by atoms with Crippen LogP contribution >= 0.6 is 0 Å². The smallest absolute Gasteiger partial charge is 0.139 e. The molecule has 0 radical (unpaired) electrons. The minimum absolute atomic E-state index is 0.701. The Kier molecular flexibility index (Phi) is 2.17. The van der Waals surface area contributed by atoms with Crippen LogP contribution in [0.2, 0.25) is 0 Å². The number of hydrogen-bond acceptors (Lipinski definition) is 2. The molecule has 0 saturated carbocycles. The lowest BCUT2D eigenvalue weighted by molar-refractivity contribution is 1.45. The molecule has 0 saturated heterocycles. The summed E-state index contributed by atoms with van der Waals surface area (Å²) in [6.45, 7) is 0. The van der Waals surface area contributed by atoms with E-state index in [1.54, 1.807) is 0 Å². The van der Waals surface area contributed by atoms with Gasteiger partial charge in [-0.05, 0) is 12.1 Å². The van der Waals surface area contributed by atoms with Crippen LogP contribution in [0.25, 0.3) is 0 Å². The third kappa shape index (κ3) is 1.53. The Morgan fingerprint density at radius 3 is 2.82 bits per heavy atom. The maximum absolute atomic E-state index is 8.68. The third-order valence-corrected chi connectivity index (χ3v) is 1.56. The number of anilines is 1. The highest BCUT2D eigenvalue weighted by Gasteiger charge is 1.97. The first-order chi connectivity index (χ1) is 5.27. The summed E-state index contributed by atoms with van der Waals surface area (Å²) in [5.41, 5.74) is 2.70. The number of nitrogens with one attached hydrogen (secondary N) is 1.